The Balaban J connectivity index is 1.35. The predicted octanol–water partition coefficient (Wildman–Crippen LogP) is 5.15. The Morgan fingerprint density at radius 3 is 2.60 bits per heavy atom. The van der Waals surface area contributed by atoms with Gasteiger partial charge in [-0.3, -0.25) is 15.0 Å². The number of hydrazine groups is 1. The third-order valence-electron chi connectivity index (χ3n) is 5.07. The van der Waals surface area contributed by atoms with Crippen LogP contribution in [-0.4, -0.2) is 37.8 Å². The van der Waals surface area contributed by atoms with Gasteiger partial charge in [0.2, 0.25) is 5.91 Å². The highest BCUT2D eigenvalue weighted by atomic mass is 32.2. The van der Waals surface area contributed by atoms with Crippen molar-refractivity contribution >= 4 is 63.0 Å². The highest BCUT2D eigenvalue weighted by Gasteiger charge is 2.38. The second kappa shape index (κ2) is 10.0. The maximum absolute atomic E-state index is 13.3. The molecular weight excluding hydrogens is 502 g/mol. The Morgan fingerprint density at radius 1 is 1.06 bits per heavy atom. The third kappa shape index (κ3) is 5.29. The normalized spacial score (nSPS) is 16.8. The number of carbonyl (C=O) groups is 2. The molecule has 1 aliphatic rings. The van der Waals surface area contributed by atoms with Gasteiger partial charge in [-0.15, -0.1) is 11.3 Å². The van der Waals surface area contributed by atoms with Crippen molar-refractivity contribution in [2.45, 2.75) is 9.71 Å². The predicted molar refractivity (Wildman–Crippen MR) is 140 cm³/mol. The van der Waals surface area contributed by atoms with E-state index in [-0.39, 0.29) is 29.1 Å². The molecule has 3 aromatic carbocycles. The van der Waals surface area contributed by atoms with Crippen LogP contribution in [-0.2, 0) is 9.59 Å². The van der Waals surface area contributed by atoms with Gasteiger partial charge in [0.15, 0.2) is 4.34 Å². The smallest absolute Gasteiger partial charge is 0.280 e. The molecule has 1 unspecified atom stereocenters. The van der Waals surface area contributed by atoms with Crippen molar-refractivity contribution in [3.63, 3.8) is 0 Å². The Morgan fingerprint density at radius 2 is 1.83 bits per heavy atom. The topological polar surface area (TPSA) is 103 Å². The molecule has 2 amide bonds. The maximum atomic E-state index is 13.3. The number of phenols is 2. The lowest BCUT2D eigenvalue weighted by Gasteiger charge is -2.24. The van der Waals surface area contributed by atoms with Gasteiger partial charge in [-0.05, 0) is 53.6 Å². The van der Waals surface area contributed by atoms with Crippen LogP contribution in [0.5, 0.6) is 11.5 Å². The summed E-state index contributed by atoms with van der Waals surface area (Å²) in [6, 6.07) is 20.9. The first-order chi connectivity index (χ1) is 17.0. The number of rotatable bonds is 6. The highest BCUT2D eigenvalue weighted by Crippen LogP contribution is 2.45. The number of phenolic OH excluding ortho intramolecular Hbond substituents is 2. The Kier molecular flexibility index (Phi) is 6.67. The fourth-order valence-electron chi connectivity index (χ4n) is 3.52. The van der Waals surface area contributed by atoms with Gasteiger partial charge in [-0.2, -0.15) is 0 Å². The van der Waals surface area contributed by atoms with Crippen LogP contribution in [0.1, 0.15) is 16.5 Å². The summed E-state index contributed by atoms with van der Waals surface area (Å²) in [5, 5.41) is 20.4. The van der Waals surface area contributed by atoms with Gasteiger partial charge in [0.25, 0.3) is 5.91 Å². The van der Waals surface area contributed by atoms with Crippen LogP contribution < -0.4 is 5.43 Å². The number of benzene rings is 3. The molecule has 0 aliphatic carbocycles. The van der Waals surface area contributed by atoms with E-state index in [4.69, 9.17) is 0 Å². The molecule has 0 saturated carbocycles. The summed E-state index contributed by atoms with van der Waals surface area (Å²) in [4.78, 5) is 31.0. The molecule has 1 aliphatic heterocycles. The monoisotopic (exact) mass is 521 g/mol. The molecule has 0 spiro atoms. The number of hydrogen-bond donors (Lipinski definition) is 3. The lowest BCUT2D eigenvalue weighted by molar-refractivity contribution is -0.137. The summed E-state index contributed by atoms with van der Waals surface area (Å²) in [5.41, 5.74) is 4.95. The van der Waals surface area contributed by atoms with E-state index < -0.39 is 5.37 Å². The molecule has 1 fully saturated rings. The van der Waals surface area contributed by atoms with Crippen molar-refractivity contribution in [2.75, 3.05) is 5.75 Å². The van der Waals surface area contributed by atoms with E-state index in [0.717, 1.165) is 14.6 Å². The average Bonchev–Trinajstić information content (AvgIpc) is 3.39. The fourth-order valence-corrected chi connectivity index (χ4v) is 6.56. The minimum absolute atomic E-state index is 0.0682. The van der Waals surface area contributed by atoms with Crippen LogP contribution in [0.3, 0.4) is 0 Å². The van der Waals surface area contributed by atoms with Gasteiger partial charge in [0.05, 0.1) is 20.9 Å². The van der Waals surface area contributed by atoms with Gasteiger partial charge in [0.1, 0.15) is 16.9 Å². The molecule has 0 radical (unpaired) electrons. The summed E-state index contributed by atoms with van der Waals surface area (Å²) < 4.78 is 1.82. The van der Waals surface area contributed by atoms with Gasteiger partial charge in [-0.25, -0.2) is 9.99 Å². The molecule has 10 heteroatoms. The highest BCUT2D eigenvalue weighted by molar-refractivity contribution is 8.04. The average molecular weight is 522 g/mol. The van der Waals surface area contributed by atoms with Crippen molar-refractivity contribution < 1.29 is 19.8 Å². The summed E-state index contributed by atoms with van der Waals surface area (Å²) >= 11 is 4.09. The Hall–Kier alpha value is -3.47. The standard InChI is InChI=1S/C25H19N3O4S3/c29-17-7-3-5-15(11-17)12-21-23(32)28(24(34-21)16-6-4-8-18(30)13-16)27-22(31)14-33-25-26-19-9-1-2-10-20(19)35-25/h1-13,24,29-30H,14H2,(H,27,31)/b21-12-. The second-order valence-electron chi connectivity index (χ2n) is 7.62. The maximum Gasteiger partial charge on any atom is 0.280 e. The molecule has 176 valence electrons. The zero-order valence-corrected chi connectivity index (χ0v) is 20.6. The van der Waals surface area contributed by atoms with E-state index in [0.29, 0.717) is 16.0 Å². The molecule has 2 heterocycles. The summed E-state index contributed by atoms with van der Waals surface area (Å²) in [6.07, 6.45) is 1.67. The number of carbonyl (C=O) groups excluding carboxylic acids is 2. The lowest BCUT2D eigenvalue weighted by Crippen LogP contribution is -2.45. The molecule has 5 rings (SSSR count). The van der Waals surface area contributed by atoms with E-state index in [1.807, 2.05) is 24.3 Å². The van der Waals surface area contributed by atoms with E-state index in [9.17, 15) is 19.8 Å². The largest absolute Gasteiger partial charge is 0.508 e. The van der Waals surface area contributed by atoms with Crippen LogP contribution in [0.4, 0.5) is 0 Å². The zero-order valence-electron chi connectivity index (χ0n) is 18.1. The Bertz CT molecular complexity index is 1420. The molecule has 3 N–H and O–H groups in total. The van der Waals surface area contributed by atoms with Crippen LogP contribution >= 0.6 is 34.9 Å². The first kappa shape index (κ1) is 23.3. The molecule has 1 atom stereocenters. The number of para-hydroxylation sites is 1. The fraction of sp³-hybridized carbons (Fsp3) is 0.0800. The number of thiazole rings is 1. The van der Waals surface area contributed by atoms with Crippen molar-refractivity contribution in [1.29, 1.82) is 0 Å². The first-order valence-electron chi connectivity index (χ1n) is 10.5. The van der Waals surface area contributed by atoms with Crippen LogP contribution in [0.15, 0.2) is 82.0 Å². The van der Waals surface area contributed by atoms with Crippen molar-refractivity contribution in [3.8, 4) is 11.5 Å². The number of thioether (sulfide) groups is 2. The van der Waals surface area contributed by atoms with Crippen LogP contribution in [0.2, 0.25) is 0 Å². The molecule has 4 aromatic rings. The van der Waals surface area contributed by atoms with Crippen molar-refractivity contribution in [3.05, 3.63) is 88.8 Å². The number of nitrogens with one attached hydrogen (secondary N) is 1. The minimum atomic E-state index is -0.561. The SMILES string of the molecule is O=C(CSc1nc2ccccc2s1)NN1C(=O)/C(=C/c2cccc(O)c2)SC1c1cccc(O)c1. The van der Waals surface area contributed by atoms with Gasteiger partial charge in [-0.1, -0.05) is 59.9 Å². The number of hydrogen-bond acceptors (Lipinski definition) is 8. The number of fused-ring (bicyclic) bond motifs is 1. The number of aromatic nitrogens is 1. The Labute approximate surface area is 213 Å². The van der Waals surface area contributed by atoms with Crippen molar-refractivity contribution in [1.82, 2.24) is 15.4 Å². The first-order valence-corrected chi connectivity index (χ1v) is 13.2. The lowest BCUT2D eigenvalue weighted by atomic mass is 10.2. The molecular formula is C25H19N3O4S3. The van der Waals surface area contributed by atoms with Crippen LogP contribution in [0.25, 0.3) is 16.3 Å². The van der Waals surface area contributed by atoms with Crippen LogP contribution in [0, 0.1) is 0 Å². The van der Waals surface area contributed by atoms with E-state index >= 15 is 0 Å². The van der Waals surface area contributed by atoms with Crippen molar-refractivity contribution in [2.24, 2.45) is 0 Å². The minimum Gasteiger partial charge on any atom is -0.508 e. The third-order valence-corrected chi connectivity index (χ3v) is 8.50. The molecule has 1 aromatic heterocycles. The van der Waals surface area contributed by atoms with E-state index in [1.165, 1.54) is 39.9 Å². The zero-order chi connectivity index (χ0) is 24.4. The van der Waals surface area contributed by atoms with Gasteiger partial charge in [0, 0.05) is 0 Å². The quantitative estimate of drug-likeness (QED) is 0.238. The van der Waals surface area contributed by atoms with E-state index in [1.54, 1.807) is 54.6 Å². The van der Waals surface area contributed by atoms with E-state index in [2.05, 4.69) is 10.4 Å². The van der Waals surface area contributed by atoms with Gasteiger partial charge < -0.3 is 10.2 Å². The van der Waals surface area contributed by atoms with Gasteiger partial charge >= 0.3 is 0 Å². The summed E-state index contributed by atoms with van der Waals surface area (Å²) in [6.45, 7) is 0. The molecule has 1 saturated heterocycles. The summed E-state index contributed by atoms with van der Waals surface area (Å²) in [5.74, 6) is -0.459. The number of aromatic hydroxyl groups is 2. The second-order valence-corrected chi connectivity index (χ2v) is 11.0. The number of amides is 2. The summed E-state index contributed by atoms with van der Waals surface area (Å²) in [7, 11) is 0. The molecule has 0 bridgehead atoms. The number of nitrogens with zero attached hydrogens (tertiary/aromatic N) is 2. The molecule has 35 heavy (non-hydrogen) atoms. The molecule has 7 nitrogen and oxygen atoms in total.